The van der Waals surface area contributed by atoms with Gasteiger partial charge in [0.25, 0.3) is 0 Å². The summed E-state index contributed by atoms with van der Waals surface area (Å²) in [5.41, 5.74) is -0.756. The minimum Gasteiger partial charge on any atom is -0.384 e. The second-order valence-electron chi connectivity index (χ2n) is 4.71. The third kappa shape index (κ3) is 4.58. The van der Waals surface area contributed by atoms with Gasteiger partial charge in [-0.25, -0.2) is 0 Å². The second kappa shape index (κ2) is 8.02. The number of hydrogen-bond acceptors (Lipinski definition) is 4. The van der Waals surface area contributed by atoms with Crippen LogP contribution in [0.4, 0.5) is 0 Å². The van der Waals surface area contributed by atoms with E-state index in [1.54, 1.807) is 17.4 Å². The van der Waals surface area contributed by atoms with Gasteiger partial charge in [-0.15, -0.1) is 30.3 Å². The third-order valence-corrected chi connectivity index (χ3v) is 4.47. The normalized spacial score (nSPS) is 19.4. The molecule has 1 saturated heterocycles. The van der Waals surface area contributed by atoms with Gasteiger partial charge in [0.2, 0.25) is 0 Å². The van der Waals surface area contributed by atoms with Crippen molar-refractivity contribution in [2.24, 2.45) is 0 Å². The van der Waals surface area contributed by atoms with Crippen LogP contribution in [0.5, 0.6) is 0 Å². The molecule has 1 fully saturated rings. The van der Waals surface area contributed by atoms with Crippen molar-refractivity contribution in [1.29, 1.82) is 0 Å². The highest BCUT2D eigenvalue weighted by molar-refractivity contribution is 7.10. The fourth-order valence-electron chi connectivity index (χ4n) is 2.28. The van der Waals surface area contributed by atoms with E-state index in [0.29, 0.717) is 6.42 Å². The number of halogens is 1. The van der Waals surface area contributed by atoms with Gasteiger partial charge in [-0.3, -0.25) is 4.90 Å². The van der Waals surface area contributed by atoms with Crippen LogP contribution in [0.1, 0.15) is 17.7 Å². The topological polar surface area (TPSA) is 32.7 Å². The van der Waals surface area contributed by atoms with Crippen LogP contribution in [0.3, 0.4) is 0 Å². The molecule has 2 heterocycles. The van der Waals surface area contributed by atoms with Gasteiger partial charge in [0.1, 0.15) is 5.60 Å². The molecule has 1 aliphatic heterocycles. The third-order valence-electron chi connectivity index (χ3n) is 3.41. The number of thiophene rings is 1. The van der Waals surface area contributed by atoms with E-state index >= 15 is 0 Å². The van der Waals surface area contributed by atoms with E-state index in [1.165, 1.54) is 0 Å². The summed E-state index contributed by atoms with van der Waals surface area (Å²) in [6.07, 6.45) is 3.16. The molecule has 5 heteroatoms. The molecular weight excluding hydrogens is 282 g/mol. The quantitative estimate of drug-likeness (QED) is 0.820. The van der Waals surface area contributed by atoms with Crippen molar-refractivity contribution in [2.45, 2.75) is 18.4 Å². The van der Waals surface area contributed by atoms with E-state index in [9.17, 15) is 5.11 Å². The lowest BCUT2D eigenvalue weighted by Gasteiger charge is -2.32. The Morgan fingerprint density at radius 2 is 2.21 bits per heavy atom. The number of ether oxygens (including phenoxy) is 1. The summed E-state index contributed by atoms with van der Waals surface area (Å²) < 4.78 is 5.33. The number of rotatable bonds is 6. The monoisotopic (exact) mass is 303 g/mol. The lowest BCUT2D eigenvalue weighted by Crippen LogP contribution is -2.39. The molecule has 1 aromatic rings. The summed E-state index contributed by atoms with van der Waals surface area (Å²) in [6.45, 7) is 8.21. The minimum atomic E-state index is -0.756. The minimum absolute atomic E-state index is 0. The van der Waals surface area contributed by atoms with Crippen LogP contribution < -0.4 is 0 Å². The molecule has 1 aliphatic rings. The smallest absolute Gasteiger partial charge is 0.103 e. The van der Waals surface area contributed by atoms with Crippen LogP contribution in [0.15, 0.2) is 30.2 Å². The first kappa shape index (κ1) is 16.7. The molecule has 1 atom stereocenters. The second-order valence-corrected chi connectivity index (χ2v) is 5.65. The van der Waals surface area contributed by atoms with Crippen LogP contribution in [0.2, 0.25) is 0 Å². The largest absolute Gasteiger partial charge is 0.384 e. The lowest BCUT2D eigenvalue weighted by molar-refractivity contribution is -0.000971. The molecule has 1 N–H and O–H groups in total. The predicted octanol–water partition coefficient (Wildman–Crippen LogP) is 2.66. The van der Waals surface area contributed by atoms with Crippen molar-refractivity contribution in [1.82, 2.24) is 4.90 Å². The van der Waals surface area contributed by atoms with Gasteiger partial charge in [0.05, 0.1) is 13.2 Å². The maximum atomic E-state index is 10.8. The Bertz CT molecular complexity index is 366. The highest BCUT2D eigenvalue weighted by atomic mass is 35.5. The molecule has 0 saturated carbocycles. The molecule has 0 bridgehead atoms. The Kier molecular flexibility index (Phi) is 7.04. The highest BCUT2D eigenvalue weighted by Crippen LogP contribution is 2.32. The summed E-state index contributed by atoms with van der Waals surface area (Å²) in [7, 11) is 0. The highest BCUT2D eigenvalue weighted by Gasteiger charge is 2.29. The Morgan fingerprint density at radius 1 is 1.47 bits per heavy atom. The van der Waals surface area contributed by atoms with Gasteiger partial charge >= 0.3 is 0 Å². The number of morpholine rings is 1. The average Bonchev–Trinajstić information content (AvgIpc) is 2.93. The first-order chi connectivity index (χ1) is 8.74. The van der Waals surface area contributed by atoms with Crippen LogP contribution in [-0.4, -0.2) is 42.9 Å². The van der Waals surface area contributed by atoms with E-state index in [4.69, 9.17) is 4.74 Å². The molecule has 3 nitrogen and oxygen atoms in total. The summed E-state index contributed by atoms with van der Waals surface area (Å²) in [4.78, 5) is 3.39. The molecule has 0 amide bonds. The molecule has 1 unspecified atom stereocenters. The molecule has 0 aromatic carbocycles. The zero-order valence-electron chi connectivity index (χ0n) is 11.1. The average molecular weight is 304 g/mol. The fraction of sp³-hybridized carbons (Fsp3) is 0.571. The maximum Gasteiger partial charge on any atom is 0.103 e. The van der Waals surface area contributed by atoms with E-state index in [0.717, 1.165) is 44.1 Å². The molecular formula is C14H22ClNO2S. The fourth-order valence-corrected chi connectivity index (χ4v) is 3.14. The van der Waals surface area contributed by atoms with Crippen molar-refractivity contribution >= 4 is 23.7 Å². The van der Waals surface area contributed by atoms with Gasteiger partial charge in [-0.2, -0.15) is 0 Å². The molecule has 2 rings (SSSR count). The SMILES string of the molecule is C=CCC(O)(CCN1CCOCC1)c1cccs1.Cl. The van der Waals surface area contributed by atoms with E-state index in [-0.39, 0.29) is 12.4 Å². The van der Waals surface area contributed by atoms with Crippen LogP contribution >= 0.6 is 23.7 Å². The maximum absolute atomic E-state index is 10.8. The van der Waals surface area contributed by atoms with Crippen LogP contribution in [0.25, 0.3) is 0 Å². The van der Waals surface area contributed by atoms with Crippen molar-refractivity contribution in [2.75, 3.05) is 32.8 Å². The Morgan fingerprint density at radius 3 is 2.79 bits per heavy atom. The van der Waals surface area contributed by atoms with E-state index in [1.807, 2.05) is 17.5 Å². The molecule has 108 valence electrons. The number of nitrogens with zero attached hydrogens (tertiary/aromatic N) is 1. The van der Waals surface area contributed by atoms with Crippen LogP contribution in [-0.2, 0) is 10.3 Å². The van der Waals surface area contributed by atoms with Crippen molar-refractivity contribution in [3.05, 3.63) is 35.0 Å². The first-order valence-corrected chi connectivity index (χ1v) is 7.30. The molecule has 19 heavy (non-hydrogen) atoms. The molecule has 1 aromatic heterocycles. The van der Waals surface area contributed by atoms with Gasteiger partial charge in [-0.1, -0.05) is 12.1 Å². The van der Waals surface area contributed by atoms with Crippen molar-refractivity contribution in [3.63, 3.8) is 0 Å². The van der Waals surface area contributed by atoms with Gasteiger partial charge in [-0.05, 0) is 24.3 Å². The summed E-state index contributed by atoms with van der Waals surface area (Å²) in [5.74, 6) is 0. The van der Waals surface area contributed by atoms with Gasteiger partial charge < -0.3 is 9.84 Å². The molecule has 0 aliphatic carbocycles. The molecule has 0 radical (unpaired) electrons. The Hall–Kier alpha value is -0.390. The Labute approximate surface area is 125 Å². The van der Waals surface area contributed by atoms with E-state index in [2.05, 4.69) is 11.5 Å². The summed E-state index contributed by atoms with van der Waals surface area (Å²) >= 11 is 1.62. The first-order valence-electron chi connectivity index (χ1n) is 6.42. The summed E-state index contributed by atoms with van der Waals surface area (Å²) in [5, 5.41) is 12.8. The zero-order valence-corrected chi connectivity index (χ0v) is 12.7. The lowest BCUT2D eigenvalue weighted by atomic mass is 9.93. The van der Waals surface area contributed by atoms with Gasteiger partial charge in [0.15, 0.2) is 0 Å². The van der Waals surface area contributed by atoms with E-state index < -0.39 is 5.60 Å². The van der Waals surface area contributed by atoms with Crippen molar-refractivity contribution in [3.8, 4) is 0 Å². The van der Waals surface area contributed by atoms with Gasteiger partial charge in [0, 0.05) is 24.5 Å². The van der Waals surface area contributed by atoms with Crippen molar-refractivity contribution < 1.29 is 9.84 Å². The summed E-state index contributed by atoms with van der Waals surface area (Å²) in [6, 6.07) is 4.00. The standard InChI is InChI=1S/C14H21NO2S.ClH/c1-2-5-14(16,13-4-3-12-18-13)6-7-15-8-10-17-11-9-15;/h2-4,12,16H,1,5-11H2;1H. The van der Waals surface area contributed by atoms with Crippen LogP contribution in [0, 0.1) is 0 Å². The number of aliphatic hydroxyl groups is 1. The number of hydrogen-bond donors (Lipinski definition) is 1. The Balaban J connectivity index is 0.00000180. The molecule has 0 spiro atoms. The zero-order chi connectivity index (χ0) is 12.8. The predicted molar refractivity (Wildman–Crippen MR) is 82.2 cm³/mol.